The molecule has 5 heteroatoms. The van der Waals surface area contributed by atoms with Gasteiger partial charge in [-0.2, -0.15) is 0 Å². The average Bonchev–Trinajstić information content (AvgIpc) is 2.75. The van der Waals surface area contributed by atoms with E-state index in [1.165, 1.54) is 32.2 Å². The molecule has 0 saturated heterocycles. The van der Waals surface area contributed by atoms with E-state index in [2.05, 4.69) is 18.9 Å². The van der Waals surface area contributed by atoms with E-state index in [4.69, 9.17) is 9.47 Å². The molecule has 0 N–H and O–H groups in total. The van der Waals surface area contributed by atoms with Crippen LogP contribution in [0.2, 0.25) is 0 Å². The van der Waals surface area contributed by atoms with Gasteiger partial charge in [0.15, 0.2) is 0 Å². The van der Waals surface area contributed by atoms with Crippen LogP contribution in [-0.4, -0.2) is 61.8 Å². The van der Waals surface area contributed by atoms with E-state index in [1.807, 2.05) is 38.2 Å². The number of carbonyl (C=O) groups is 1. The summed E-state index contributed by atoms with van der Waals surface area (Å²) in [6, 6.07) is 7.83. The van der Waals surface area contributed by atoms with Crippen LogP contribution in [0.1, 0.15) is 70.3 Å². The summed E-state index contributed by atoms with van der Waals surface area (Å²) in [5.41, 5.74) is 1.15. The number of aryl methyl sites for hydroxylation is 1. The van der Waals surface area contributed by atoms with Crippen molar-refractivity contribution in [3.63, 3.8) is 0 Å². The summed E-state index contributed by atoms with van der Waals surface area (Å²) >= 11 is 0. The molecule has 170 valence electrons. The highest BCUT2D eigenvalue weighted by Crippen LogP contribution is 2.25. The summed E-state index contributed by atoms with van der Waals surface area (Å²) in [6.07, 6.45) is 10.3. The molecule has 1 aromatic rings. The molecule has 1 amide bonds. The first-order valence-corrected chi connectivity index (χ1v) is 11.8. The number of rotatable bonds is 12. The molecule has 0 radical (unpaired) electrons. The third-order valence-electron chi connectivity index (χ3n) is 6.14. The van der Waals surface area contributed by atoms with Gasteiger partial charge in [-0.1, -0.05) is 37.5 Å². The second kappa shape index (κ2) is 13.7. The Bertz CT molecular complexity index is 597. The predicted octanol–water partition coefficient (Wildman–Crippen LogP) is 5.66. The monoisotopic (exact) mass is 418 g/mol. The molecule has 0 atom stereocenters. The van der Waals surface area contributed by atoms with Crippen LogP contribution in [0, 0.1) is 6.92 Å². The summed E-state index contributed by atoms with van der Waals surface area (Å²) in [5.74, 6) is 0.602. The van der Waals surface area contributed by atoms with Crippen molar-refractivity contribution in [1.82, 2.24) is 9.80 Å². The third kappa shape index (κ3) is 9.05. The molecule has 1 aromatic carbocycles. The maximum absolute atomic E-state index is 12.4. The number of amides is 1. The molecule has 0 heterocycles. The topological polar surface area (TPSA) is 42.0 Å². The number of hydrogen-bond donors (Lipinski definition) is 0. The zero-order valence-electron chi connectivity index (χ0n) is 19.6. The molecule has 2 rings (SSSR count). The number of unbranched alkanes of at least 4 members (excludes halogenated alkanes) is 3. The summed E-state index contributed by atoms with van der Waals surface area (Å²) < 4.78 is 11.6. The molecule has 0 spiro atoms. The first-order valence-electron chi connectivity index (χ1n) is 11.8. The van der Waals surface area contributed by atoms with Crippen LogP contribution in [0.25, 0.3) is 0 Å². The predicted molar refractivity (Wildman–Crippen MR) is 123 cm³/mol. The van der Waals surface area contributed by atoms with Crippen molar-refractivity contribution in [1.29, 1.82) is 0 Å². The maximum Gasteiger partial charge on any atom is 0.415 e. The number of ether oxygens (including phenoxy) is 2. The molecule has 5 nitrogen and oxygen atoms in total. The van der Waals surface area contributed by atoms with E-state index in [-0.39, 0.29) is 12.1 Å². The first kappa shape index (κ1) is 24.7. The molecule has 1 aliphatic rings. The molecule has 1 saturated carbocycles. The number of nitrogens with zero attached hydrogens (tertiary/aromatic N) is 2. The molecule has 30 heavy (non-hydrogen) atoms. The first-order chi connectivity index (χ1) is 14.5. The lowest BCUT2D eigenvalue weighted by Crippen LogP contribution is -2.42. The van der Waals surface area contributed by atoms with Gasteiger partial charge in [-0.25, -0.2) is 4.79 Å². The van der Waals surface area contributed by atoms with Crippen LogP contribution in [0.3, 0.4) is 0 Å². The van der Waals surface area contributed by atoms with Crippen LogP contribution in [0.15, 0.2) is 24.3 Å². The van der Waals surface area contributed by atoms with Crippen molar-refractivity contribution >= 4 is 6.09 Å². The number of benzene rings is 1. The van der Waals surface area contributed by atoms with Crippen molar-refractivity contribution in [3.05, 3.63) is 29.8 Å². The fourth-order valence-electron chi connectivity index (χ4n) is 4.00. The van der Waals surface area contributed by atoms with Gasteiger partial charge in [-0.15, -0.1) is 0 Å². The Morgan fingerprint density at radius 1 is 0.967 bits per heavy atom. The Hall–Kier alpha value is -1.59. The lowest BCUT2D eigenvalue weighted by atomic mass is 9.92. The van der Waals surface area contributed by atoms with E-state index in [9.17, 15) is 4.79 Å². The van der Waals surface area contributed by atoms with Crippen molar-refractivity contribution in [2.24, 2.45) is 0 Å². The van der Waals surface area contributed by atoms with Gasteiger partial charge in [-0.05, 0) is 84.1 Å². The normalized spacial score (nSPS) is 19.1. The third-order valence-corrected chi connectivity index (χ3v) is 6.14. The number of hydrogen-bond acceptors (Lipinski definition) is 4. The van der Waals surface area contributed by atoms with Gasteiger partial charge in [0, 0.05) is 19.7 Å². The second-order valence-corrected chi connectivity index (χ2v) is 8.81. The smallest absolute Gasteiger partial charge is 0.410 e. The fraction of sp³-hybridized carbons (Fsp3) is 0.720. The van der Waals surface area contributed by atoms with Gasteiger partial charge in [0.1, 0.15) is 5.75 Å². The molecule has 0 bridgehead atoms. The van der Waals surface area contributed by atoms with Crippen molar-refractivity contribution < 1.29 is 14.3 Å². The van der Waals surface area contributed by atoms with Gasteiger partial charge in [-0.3, -0.25) is 0 Å². The molecular weight excluding hydrogens is 376 g/mol. The SMILES string of the molecule is CCCCCN(C)CCCCOC1CCC(N(C)C(=O)Oc2ccc(C)cc2)CC1. The van der Waals surface area contributed by atoms with Crippen LogP contribution in [0.4, 0.5) is 4.79 Å². The Kier molecular flexibility index (Phi) is 11.2. The van der Waals surface area contributed by atoms with Gasteiger partial charge < -0.3 is 19.3 Å². The molecule has 1 fully saturated rings. The lowest BCUT2D eigenvalue weighted by molar-refractivity contribution is 0.0101. The number of carbonyl (C=O) groups excluding carboxylic acids is 1. The average molecular weight is 419 g/mol. The van der Waals surface area contributed by atoms with Crippen molar-refractivity contribution in [2.45, 2.75) is 83.8 Å². The van der Waals surface area contributed by atoms with Crippen LogP contribution in [0.5, 0.6) is 5.75 Å². The standard InChI is InChI=1S/C25H42N2O3/c1-5-6-7-18-26(3)19-8-9-20-29-23-16-12-22(13-17-23)27(4)25(28)30-24-14-10-21(2)11-15-24/h10-11,14-15,22-23H,5-9,12-13,16-20H2,1-4H3. The van der Waals surface area contributed by atoms with Crippen LogP contribution in [-0.2, 0) is 4.74 Å². The van der Waals surface area contributed by atoms with E-state index in [1.54, 1.807) is 4.90 Å². The van der Waals surface area contributed by atoms with Gasteiger partial charge in [0.2, 0.25) is 0 Å². The highest BCUT2D eigenvalue weighted by Gasteiger charge is 2.27. The summed E-state index contributed by atoms with van der Waals surface area (Å²) in [6.45, 7) is 7.49. The van der Waals surface area contributed by atoms with E-state index in [0.29, 0.717) is 11.9 Å². The van der Waals surface area contributed by atoms with Gasteiger partial charge >= 0.3 is 6.09 Å². The minimum atomic E-state index is -0.272. The molecule has 0 aliphatic heterocycles. The van der Waals surface area contributed by atoms with Crippen LogP contribution < -0.4 is 4.74 Å². The van der Waals surface area contributed by atoms with E-state index in [0.717, 1.165) is 50.8 Å². The van der Waals surface area contributed by atoms with E-state index < -0.39 is 0 Å². The highest BCUT2D eigenvalue weighted by molar-refractivity contribution is 5.70. The molecule has 0 unspecified atom stereocenters. The highest BCUT2D eigenvalue weighted by atomic mass is 16.6. The Morgan fingerprint density at radius 2 is 1.60 bits per heavy atom. The largest absolute Gasteiger partial charge is 0.415 e. The van der Waals surface area contributed by atoms with Crippen molar-refractivity contribution in [2.75, 3.05) is 33.8 Å². The Balaban J connectivity index is 1.57. The Labute approximate surface area is 183 Å². The van der Waals surface area contributed by atoms with Gasteiger partial charge in [0.05, 0.1) is 6.10 Å². The summed E-state index contributed by atoms with van der Waals surface area (Å²) in [7, 11) is 4.07. The zero-order valence-corrected chi connectivity index (χ0v) is 19.6. The molecular formula is C25H42N2O3. The van der Waals surface area contributed by atoms with E-state index >= 15 is 0 Å². The fourth-order valence-corrected chi connectivity index (χ4v) is 4.00. The maximum atomic E-state index is 12.4. The minimum absolute atomic E-state index is 0.236. The van der Waals surface area contributed by atoms with Gasteiger partial charge in [0.25, 0.3) is 0 Å². The molecule has 1 aliphatic carbocycles. The zero-order chi connectivity index (χ0) is 21.8. The quantitative estimate of drug-likeness (QED) is 0.411. The van der Waals surface area contributed by atoms with Crippen LogP contribution >= 0.6 is 0 Å². The molecule has 0 aromatic heterocycles. The summed E-state index contributed by atoms with van der Waals surface area (Å²) in [4.78, 5) is 16.6. The second-order valence-electron chi connectivity index (χ2n) is 8.81. The summed E-state index contributed by atoms with van der Waals surface area (Å²) in [5, 5.41) is 0. The van der Waals surface area contributed by atoms with Crippen molar-refractivity contribution in [3.8, 4) is 5.75 Å². The minimum Gasteiger partial charge on any atom is -0.410 e. The lowest BCUT2D eigenvalue weighted by Gasteiger charge is -2.34. The Morgan fingerprint density at radius 3 is 2.23 bits per heavy atom.